The van der Waals surface area contributed by atoms with Crippen molar-refractivity contribution in [2.75, 3.05) is 13.7 Å². The Morgan fingerprint density at radius 3 is 2.75 bits per heavy atom. The molecule has 1 amide bonds. The number of nitrogens with zero attached hydrogens (tertiary/aromatic N) is 1. The quantitative estimate of drug-likeness (QED) is 0.914. The van der Waals surface area contributed by atoms with Crippen LogP contribution in [-0.2, 0) is 6.42 Å². The van der Waals surface area contributed by atoms with Crippen molar-refractivity contribution in [1.29, 1.82) is 0 Å². The van der Waals surface area contributed by atoms with E-state index < -0.39 is 0 Å². The molecular weight excluding hydrogens is 320 g/mol. The molecule has 0 saturated heterocycles. The monoisotopic (exact) mass is 334 g/mol. The highest BCUT2D eigenvalue weighted by Gasteiger charge is 2.10. The molecule has 0 radical (unpaired) electrons. The lowest BCUT2D eigenvalue weighted by Crippen LogP contribution is -2.26. The fraction of sp³-hybridized carbons (Fsp3) is 0.200. The number of aromatic nitrogens is 1. The van der Waals surface area contributed by atoms with Crippen molar-refractivity contribution in [3.8, 4) is 5.75 Å². The number of benzene rings is 1. The predicted molar refractivity (Wildman–Crippen MR) is 81.0 cm³/mol. The van der Waals surface area contributed by atoms with Crippen molar-refractivity contribution in [3.05, 3.63) is 58.3 Å². The lowest BCUT2D eigenvalue weighted by molar-refractivity contribution is 0.0953. The predicted octanol–water partition coefficient (Wildman–Crippen LogP) is 2.83. The number of carbonyl (C=O) groups is 1. The van der Waals surface area contributed by atoms with Crippen LogP contribution in [0.4, 0.5) is 0 Å². The second-order valence-electron chi connectivity index (χ2n) is 4.21. The number of hydrogen-bond donors (Lipinski definition) is 1. The zero-order valence-electron chi connectivity index (χ0n) is 11.1. The summed E-state index contributed by atoms with van der Waals surface area (Å²) < 4.78 is 5.88. The summed E-state index contributed by atoms with van der Waals surface area (Å²) in [5.74, 6) is 0.539. The van der Waals surface area contributed by atoms with Crippen LogP contribution in [-0.4, -0.2) is 24.5 Å². The smallest absolute Gasteiger partial charge is 0.252 e. The summed E-state index contributed by atoms with van der Waals surface area (Å²) in [5, 5.41) is 2.89. The maximum absolute atomic E-state index is 12.1. The third-order valence-corrected chi connectivity index (χ3v) is 3.56. The molecule has 0 fully saturated rings. The number of rotatable bonds is 5. The molecule has 0 spiro atoms. The molecule has 2 rings (SSSR count). The zero-order valence-corrected chi connectivity index (χ0v) is 12.7. The summed E-state index contributed by atoms with van der Waals surface area (Å²) in [6.45, 7) is 0.576. The van der Waals surface area contributed by atoms with Crippen LogP contribution in [0, 0.1) is 0 Å². The standard InChI is InChI=1S/C15H15BrN2O2/c1-20-12-2-3-14(16)13(10-12)15(19)18-9-6-11-4-7-17-8-5-11/h2-5,7-8,10H,6,9H2,1H3,(H,18,19). The second kappa shape index (κ2) is 7.05. The molecule has 104 valence electrons. The van der Waals surface area contributed by atoms with Crippen molar-refractivity contribution in [1.82, 2.24) is 10.3 Å². The number of carbonyl (C=O) groups excluding carboxylic acids is 1. The summed E-state index contributed by atoms with van der Waals surface area (Å²) in [5.41, 5.74) is 1.71. The first kappa shape index (κ1) is 14.5. The van der Waals surface area contributed by atoms with Crippen molar-refractivity contribution in [2.45, 2.75) is 6.42 Å². The number of nitrogens with one attached hydrogen (secondary N) is 1. The molecular formula is C15H15BrN2O2. The zero-order chi connectivity index (χ0) is 14.4. The molecule has 5 heteroatoms. The molecule has 2 aromatic rings. The van der Waals surface area contributed by atoms with E-state index in [0.29, 0.717) is 17.9 Å². The maximum atomic E-state index is 12.1. The van der Waals surface area contributed by atoms with Gasteiger partial charge in [-0.15, -0.1) is 0 Å². The van der Waals surface area contributed by atoms with E-state index in [1.54, 1.807) is 37.7 Å². The third kappa shape index (κ3) is 3.81. The van der Waals surface area contributed by atoms with Gasteiger partial charge in [-0.05, 0) is 58.2 Å². The Morgan fingerprint density at radius 1 is 1.30 bits per heavy atom. The van der Waals surface area contributed by atoms with E-state index in [-0.39, 0.29) is 5.91 Å². The third-order valence-electron chi connectivity index (χ3n) is 2.87. The lowest BCUT2D eigenvalue weighted by atomic mass is 10.2. The van der Waals surface area contributed by atoms with E-state index in [1.165, 1.54) is 0 Å². The highest BCUT2D eigenvalue weighted by atomic mass is 79.9. The first-order valence-corrected chi connectivity index (χ1v) is 7.00. The van der Waals surface area contributed by atoms with Crippen LogP contribution in [0.5, 0.6) is 5.75 Å². The molecule has 20 heavy (non-hydrogen) atoms. The van der Waals surface area contributed by atoms with Crippen LogP contribution in [0.1, 0.15) is 15.9 Å². The van der Waals surface area contributed by atoms with Gasteiger partial charge in [-0.1, -0.05) is 0 Å². The van der Waals surface area contributed by atoms with Gasteiger partial charge in [0.05, 0.1) is 12.7 Å². The fourth-order valence-corrected chi connectivity index (χ4v) is 2.20. The van der Waals surface area contributed by atoms with Crippen molar-refractivity contribution in [3.63, 3.8) is 0 Å². The van der Waals surface area contributed by atoms with Crippen LogP contribution in [0.25, 0.3) is 0 Å². The molecule has 0 unspecified atom stereocenters. The molecule has 0 aliphatic heterocycles. The van der Waals surface area contributed by atoms with Crippen LogP contribution in [0.3, 0.4) is 0 Å². The van der Waals surface area contributed by atoms with Crippen molar-refractivity contribution < 1.29 is 9.53 Å². The van der Waals surface area contributed by atoms with Gasteiger partial charge in [0.15, 0.2) is 0 Å². The minimum Gasteiger partial charge on any atom is -0.497 e. The maximum Gasteiger partial charge on any atom is 0.252 e. The number of halogens is 1. The average molecular weight is 335 g/mol. The number of ether oxygens (including phenoxy) is 1. The van der Waals surface area contributed by atoms with Gasteiger partial charge < -0.3 is 10.1 Å². The minimum absolute atomic E-state index is 0.121. The summed E-state index contributed by atoms with van der Waals surface area (Å²) in [6, 6.07) is 9.20. The Hall–Kier alpha value is -1.88. The number of hydrogen-bond acceptors (Lipinski definition) is 3. The van der Waals surface area contributed by atoms with Crippen molar-refractivity contribution >= 4 is 21.8 Å². The SMILES string of the molecule is COc1ccc(Br)c(C(=O)NCCc2ccncc2)c1. The molecule has 1 aromatic heterocycles. The summed E-state index contributed by atoms with van der Waals surface area (Å²) in [7, 11) is 1.58. The minimum atomic E-state index is -0.121. The Bertz CT molecular complexity index is 588. The molecule has 0 aliphatic rings. The number of methoxy groups -OCH3 is 1. The molecule has 4 nitrogen and oxygen atoms in total. The fourth-order valence-electron chi connectivity index (χ4n) is 1.77. The molecule has 0 atom stereocenters. The van der Waals surface area contributed by atoms with E-state index >= 15 is 0 Å². The Morgan fingerprint density at radius 2 is 2.05 bits per heavy atom. The Kier molecular flexibility index (Phi) is 5.12. The molecule has 0 aliphatic carbocycles. The number of amides is 1. The molecule has 1 aromatic carbocycles. The molecule has 1 heterocycles. The van der Waals surface area contributed by atoms with Gasteiger partial charge >= 0.3 is 0 Å². The first-order valence-electron chi connectivity index (χ1n) is 6.21. The van der Waals surface area contributed by atoms with Gasteiger partial charge in [-0.3, -0.25) is 9.78 Å². The molecule has 1 N–H and O–H groups in total. The van der Waals surface area contributed by atoms with Crippen LogP contribution < -0.4 is 10.1 Å². The highest BCUT2D eigenvalue weighted by Crippen LogP contribution is 2.22. The van der Waals surface area contributed by atoms with Gasteiger partial charge in [0.25, 0.3) is 5.91 Å². The van der Waals surface area contributed by atoms with Gasteiger partial charge in [0.2, 0.25) is 0 Å². The largest absolute Gasteiger partial charge is 0.497 e. The van der Waals surface area contributed by atoms with E-state index in [1.807, 2.05) is 12.1 Å². The highest BCUT2D eigenvalue weighted by molar-refractivity contribution is 9.10. The second-order valence-corrected chi connectivity index (χ2v) is 5.06. The average Bonchev–Trinajstić information content (AvgIpc) is 2.48. The molecule has 0 bridgehead atoms. The van der Waals surface area contributed by atoms with E-state index in [2.05, 4.69) is 26.2 Å². The topological polar surface area (TPSA) is 51.2 Å². The lowest BCUT2D eigenvalue weighted by Gasteiger charge is -2.08. The van der Waals surface area contributed by atoms with Crippen molar-refractivity contribution in [2.24, 2.45) is 0 Å². The Labute approximate surface area is 126 Å². The summed E-state index contributed by atoms with van der Waals surface area (Å²) >= 11 is 3.37. The van der Waals surface area contributed by atoms with Gasteiger partial charge in [-0.25, -0.2) is 0 Å². The van der Waals surface area contributed by atoms with Gasteiger partial charge in [0.1, 0.15) is 5.75 Å². The van der Waals surface area contributed by atoms with E-state index in [4.69, 9.17) is 4.74 Å². The Balaban J connectivity index is 1.95. The van der Waals surface area contributed by atoms with Crippen LogP contribution in [0.2, 0.25) is 0 Å². The normalized spacial score (nSPS) is 10.1. The van der Waals surface area contributed by atoms with E-state index in [0.717, 1.165) is 16.5 Å². The van der Waals surface area contributed by atoms with Gasteiger partial charge in [-0.2, -0.15) is 0 Å². The number of pyridine rings is 1. The summed E-state index contributed by atoms with van der Waals surface area (Å²) in [6.07, 6.45) is 4.27. The summed E-state index contributed by atoms with van der Waals surface area (Å²) in [4.78, 5) is 16.1. The van der Waals surface area contributed by atoms with Crippen LogP contribution >= 0.6 is 15.9 Å². The van der Waals surface area contributed by atoms with Gasteiger partial charge in [0, 0.05) is 23.4 Å². The molecule has 0 saturated carbocycles. The van der Waals surface area contributed by atoms with E-state index in [9.17, 15) is 4.79 Å². The van der Waals surface area contributed by atoms with Crippen LogP contribution in [0.15, 0.2) is 47.2 Å². The first-order chi connectivity index (χ1) is 9.70.